The van der Waals surface area contributed by atoms with Gasteiger partial charge in [0.05, 0.1) is 28.8 Å². The summed E-state index contributed by atoms with van der Waals surface area (Å²) in [4.78, 5) is 0. The molecule has 44 heavy (non-hydrogen) atoms. The van der Waals surface area contributed by atoms with Crippen LogP contribution >= 0.6 is 0 Å². The lowest BCUT2D eigenvalue weighted by atomic mass is 9.87. The quantitative estimate of drug-likeness (QED) is 0.214. The number of hydrogen-bond acceptors (Lipinski definition) is 5. The lowest BCUT2D eigenvalue weighted by Gasteiger charge is -2.15. The Morgan fingerprint density at radius 3 is 1.32 bits per heavy atom. The van der Waals surface area contributed by atoms with E-state index in [1.807, 2.05) is 97.1 Å². The zero-order chi connectivity index (χ0) is 29.8. The topological polar surface area (TPSA) is 97.6 Å². The van der Waals surface area contributed by atoms with Crippen LogP contribution in [0.4, 0.5) is 0 Å². The number of fused-ring (bicyclic) bond motifs is 6. The maximum absolute atomic E-state index is 10.6. The van der Waals surface area contributed by atoms with Gasteiger partial charge in [-0.25, -0.2) is 0 Å². The summed E-state index contributed by atoms with van der Waals surface area (Å²) < 4.78 is 12.4. The monoisotopic (exact) mass is 561 g/mol. The molecule has 2 heterocycles. The zero-order valence-electron chi connectivity index (χ0n) is 23.1. The van der Waals surface area contributed by atoms with Crippen LogP contribution < -0.4 is 0 Å². The third-order valence-corrected chi connectivity index (χ3v) is 8.15. The van der Waals surface area contributed by atoms with E-state index in [2.05, 4.69) is 18.2 Å². The molecule has 6 aromatic carbocycles. The molecule has 0 saturated heterocycles. The highest BCUT2D eigenvalue weighted by Gasteiger charge is 2.19. The molecule has 202 valence electrons. The maximum atomic E-state index is 10.6. The predicted molar refractivity (Wildman–Crippen MR) is 171 cm³/mol. The van der Waals surface area contributed by atoms with Crippen molar-refractivity contribution in [3.05, 3.63) is 132 Å². The van der Waals surface area contributed by atoms with Crippen LogP contribution in [-0.4, -0.2) is 0 Å². The lowest BCUT2D eigenvalue weighted by Crippen LogP contribution is -1.94. The first kappa shape index (κ1) is 25.1. The van der Waals surface area contributed by atoms with Crippen molar-refractivity contribution in [3.8, 4) is 51.6 Å². The molecule has 0 fully saturated rings. The fourth-order valence-corrected chi connectivity index (χ4v) is 6.09. The predicted octanol–water partition coefficient (Wildman–Crippen LogP) is 10.1. The average molecular weight is 562 g/mol. The molecule has 0 radical (unpaired) electrons. The van der Waals surface area contributed by atoms with Crippen LogP contribution in [0.1, 0.15) is 16.7 Å². The van der Waals surface area contributed by atoms with Gasteiger partial charge in [-0.2, -0.15) is 15.8 Å². The van der Waals surface area contributed by atoms with E-state index in [4.69, 9.17) is 8.83 Å². The molecule has 0 amide bonds. The highest BCUT2D eigenvalue weighted by Crippen LogP contribution is 2.41. The standard InChI is InChI=1S/C39H19N3O2/c40-20-23-13-24(21-41)15-27(14-23)28-16-33(25-9-11-31-29-5-1-3-7-36(29)43-38(31)18-25)35(22-42)34(17-28)26-10-12-32-30-6-2-4-8-37(30)44-39(32)19-26/h1-19H. The largest absolute Gasteiger partial charge is 0.456 e. The first-order valence-corrected chi connectivity index (χ1v) is 14.0. The van der Waals surface area contributed by atoms with Crippen molar-refractivity contribution in [2.45, 2.75) is 0 Å². The summed E-state index contributed by atoms with van der Waals surface area (Å²) in [6, 6.07) is 43.6. The molecule has 8 aromatic rings. The number of hydrogen-bond donors (Lipinski definition) is 0. The fourth-order valence-electron chi connectivity index (χ4n) is 6.09. The highest BCUT2D eigenvalue weighted by molar-refractivity contribution is 6.07. The van der Waals surface area contributed by atoms with Crippen molar-refractivity contribution in [1.82, 2.24) is 0 Å². The van der Waals surface area contributed by atoms with Crippen LogP contribution in [0.3, 0.4) is 0 Å². The molecular formula is C39H19N3O2. The van der Waals surface area contributed by atoms with E-state index in [1.54, 1.807) is 18.2 Å². The van der Waals surface area contributed by atoms with Gasteiger partial charge >= 0.3 is 0 Å². The summed E-state index contributed by atoms with van der Waals surface area (Å²) in [6.07, 6.45) is 0. The minimum absolute atomic E-state index is 0.388. The van der Waals surface area contributed by atoms with Crippen molar-refractivity contribution >= 4 is 43.9 Å². The molecule has 0 N–H and O–H groups in total. The molecule has 0 unspecified atom stereocenters. The van der Waals surface area contributed by atoms with Gasteiger partial charge in [-0.1, -0.05) is 48.5 Å². The van der Waals surface area contributed by atoms with E-state index < -0.39 is 0 Å². The molecule has 0 aliphatic heterocycles. The van der Waals surface area contributed by atoms with Gasteiger partial charge in [-0.3, -0.25) is 0 Å². The van der Waals surface area contributed by atoms with Gasteiger partial charge in [0.1, 0.15) is 28.4 Å². The Morgan fingerprint density at radius 2 is 0.841 bits per heavy atom. The van der Waals surface area contributed by atoms with E-state index in [1.165, 1.54) is 0 Å². The normalized spacial score (nSPS) is 11.1. The second kappa shape index (κ2) is 9.74. The Labute approximate surface area is 251 Å². The Kier molecular flexibility index (Phi) is 5.56. The number of nitrogens with zero attached hydrogens (tertiary/aromatic N) is 3. The molecule has 8 rings (SSSR count). The van der Waals surface area contributed by atoms with E-state index in [9.17, 15) is 15.8 Å². The Hall–Kier alpha value is -6.61. The number of benzene rings is 6. The summed E-state index contributed by atoms with van der Waals surface area (Å²) in [5.41, 5.74) is 8.87. The van der Waals surface area contributed by atoms with Gasteiger partial charge in [-0.05, 0) is 89.0 Å². The van der Waals surface area contributed by atoms with Crippen LogP contribution in [0.25, 0.3) is 77.3 Å². The lowest BCUT2D eigenvalue weighted by molar-refractivity contribution is 0.668. The third kappa shape index (κ3) is 3.92. The zero-order valence-corrected chi connectivity index (χ0v) is 23.1. The van der Waals surface area contributed by atoms with Gasteiger partial charge in [0, 0.05) is 32.7 Å². The summed E-state index contributed by atoms with van der Waals surface area (Å²) in [6.45, 7) is 0. The summed E-state index contributed by atoms with van der Waals surface area (Å²) in [5.74, 6) is 0. The van der Waals surface area contributed by atoms with Crippen molar-refractivity contribution in [1.29, 1.82) is 15.8 Å². The minimum atomic E-state index is 0.388. The number of nitriles is 3. The molecule has 0 saturated carbocycles. The second-order valence-electron chi connectivity index (χ2n) is 10.7. The molecular weight excluding hydrogens is 542 g/mol. The first-order valence-electron chi connectivity index (χ1n) is 14.0. The summed E-state index contributed by atoms with van der Waals surface area (Å²) in [5, 5.41) is 34.0. The Morgan fingerprint density at radius 1 is 0.386 bits per heavy atom. The van der Waals surface area contributed by atoms with Crippen LogP contribution in [0.5, 0.6) is 0 Å². The van der Waals surface area contributed by atoms with Crippen molar-refractivity contribution < 1.29 is 8.83 Å². The van der Waals surface area contributed by atoms with Gasteiger partial charge in [0.25, 0.3) is 0 Å². The van der Waals surface area contributed by atoms with E-state index >= 15 is 0 Å². The molecule has 0 aliphatic carbocycles. The van der Waals surface area contributed by atoms with Gasteiger partial charge in [0.15, 0.2) is 0 Å². The maximum Gasteiger partial charge on any atom is 0.136 e. The Balaban J connectivity index is 1.41. The van der Waals surface area contributed by atoms with E-state index in [0.717, 1.165) is 60.6 Å². The molecule has 2 aromatic heterocycles. The van der Waals surface area contributed by atoms with Crippen LogP contribution in [0, 0.1) is 34.0 Å². The second-order valence-corrected chi connectivity index (χ2v) is 10.7. The summed E-state index contributed by atoms with van der Waals surface area (Å²) >= 11 is 0. The van der Waals surface area contributed by atoms with Crippen LogP contribution in [-0.2, 0) is 0 Å². The number of para-hydroxylation sites is 2. The molecule has 0 spiro atoms. The minimum Gasteiger partial charge on any atom is -0.456 e. The van der Waals surface area contributed by atoms with Gasteiger partial charge in [0.2, 0.25) is 0 Å². The number of furan rings is 2. The Bertz CT molecular complexity index is 2430. The molecule has 0 atom stereocenters. The van der Waals surface area contributed by atoms with E-state index in [-0.39, 0.29) is 0 Å². The third-order valence-electron chi connectivity index (χ3n) is 8.15. The molecule has 5 nitrogen and oxygen atoms in total. The van der Waals surface area contributed by atoms with Crippen molar-refractivity contribution in [3.63, 3.8) is 0 Å². The van der Waals surface area contributed by atoms with Crippen molar-refractivity contribution in [2.75, 3.05) is 0 Å². The van der Waals surface area contributed by atoms with Crippen molar-refractivity contribution in [2.24, 2.45) is 0 Å². The number of rotatable bonds is 3. The first-order chi connectivity index (χ1) is 21.6. The average Bonchev–Trinajstić information content (AvgIpc) is 3.64. The smallest absolute Gasteiger partial charge is 0.136 e. The summed E-state index contributed by atoms with van der Waals surface area (Å²) in [7, 11) is 0. The van der Waals surface area contributed by atoms with Crippen LogP contribution in [0.15, 0.2) is 124 Å². The highest BCUT2D eigenvalue weighted by atomic mass is 16.3. The van der Waals surface area contributed by atoms with E-state index in [0.29, 0.717) is 33.4 Å². The van der Waals surface area contributed by atoms with Gasteiger partial charge in [-0.15, -0.1) is 0 Å². The van der Waals surface area contributed by atoms with Crippen LogP contribution in [0.2, 0.25) is 0 Å². The van der Waals surface area contributed by atoms with Gasteiger partial charge < -0.3 is 8.83 Å². The molecule has 0 bridgehead atoms. The SMILES string of the molecule is N#Cc1cc(C#N)cc(-c2cc(-c3ccc4c(c3)oc3ccccc34)c(C#N)c(-c3ccc4c(c3)oc3ccccc34)c2)c1. The molecule has 0 aliphatic rings. The fraction of sp³-hybridized carbons (Fsp3) is 0. The molecule has 5 heteroatoms.